The van der Waals surface area contributed by atoms with Crippen molar-refractivity contribution in [2.45, 2.75) is 51.2 Å². The zero-order valence-corrected chi connectivity index (χ0v) is 11.8. The van der Waals surface area contributed by atoms with E-state index >= 15 is 0 Å². The van der Waals surface area contributed by atoms with Gasteiger partial charge in [-0.05, 0) is 37.7 Å². The van der Waals surface area contributed by atoms with E-state index in [1.807, 2.05) is 0 Å². The topological polar surface area (TPSA) is 9.23 Å². The molecule has 1 aliphatic carbocycles. The summed E-state index contributed by atoms with van der Waals surface area (Å²) < 4.78 is 6.49. The van der Waals surface area contributed by atoms with Crippen LogP contribution in [0.1, 0.15) is 50.7 Å². The molecule has 1 aliphatic heterocycles. The van der Waals surface area contributed by atoms with Gasteiger partial charge in [0.1, 0.15) is 0 Å². The molecule has 4 atom stereocenters. The molecule has 1 heterocycles. The molecule has 19 heavy (non-hydrogen) atoms. The van der Waals surface area contributed by atoms with Crippen molar-refractivity contribution in [3.63, 3.8) is 0 Å². The predicted octanol–water partition coefficient (Wildman–Crippen LogP) is 4.90. The molecule has 102 valence electrons. The van der Waals surface area contributed by atoms with Crippen LogP contribution in [0, 0.1) is 11.8 Å². The zero-order valence-electron chi connectivity index (χ0n) is 11.8. The van der Waals surface area contributed by atoms with Gasteiger partial charge in [-0.25, -0.2) is 0 Å². The first kappa shape index (κ1) is 12.9. The standard InChI is InChI=1S/C18H24O/c1-13(2)16-12-15-10-6-7-11-17(15)19-18(16)14-8-4-3-5-9-14/h3-5,8-9,15-18H,1,6-7,10-12H2,2H3/t15-,16-,17+,18-/m0/s1. The lowest BCUT2D eigenvalue weighted by atomic mass is 9.73. The molecule has 1 nitrogen and oxygen atoms in total. The van der Waals surface area contributed by atoms with Gasteiger partial charge in [0.15, 0.2) is 0 Å². The first-order chi connectivity index (χ1) is 9.25. The molecular weight excluding hydrogens is 232 g/mol. The van der Waals surface area contributed by atoms with E-state index in [9.17, 15) is 0 Å². The summed E-state index contributed by atoms with van der Waals surface area (Å²) in [6.07, 6.45) is 7.27. The van der Waals surface area contributed by atoms with Crippen LogP contribution in [0.4, 0.5) is 0 Å². The lowest BCUT2D eigenvalue weighted by Gasteiger charge is -2.44. The van der Waals surface area contributed by atoms with Crippen molar-refractivity contribution in [2.75, 3.05) is 0 Å². The minimum absolute atomic E-state index is 0.220. The highest BCUT2D eigenvalue weighted by atomic mass is 16.5. The van der Waals surface area contributed by atoms with Gasteiger partial charge in [0.05, 0.1) is 12.2 Å². The van der Waals surface area contributed by atoms with Crippen LogP contribution in [0.5, 0.6) is 0 Å². The number of fused-ring (bicyclic) bond motifs is 1. The van der Waals surface area contributed by atoms with E-state index in [-0.39, 0.29) is 6.10 Å². The minimum Gasteiger partial charge on any atom is -0.369 e. The van der Waals surface area contributed by atoms with E-state index in [1.165, 1.54) is 43.2 Å². The number of ether oxygens (including phenoxy) is 1. The van der Waals surface area contributed by atoms with Crippen molar-refractivity contribution in [1.82, 2.24) is 0 Å². The van der Waals surface area contributed by atoms with Crippen molar-refractivity contribution >= 4 is 0 Å². The van der Waals surface area contributed by atoms with E-state index in [0.29, 0.717) is 12.0 Å². The fourth-order valence-electron chi connectivity index (χ4n) is 3.77. The maximum atomic E-state index is 6.49. The SMILES string of the molecule is C=C(C)[C@@H]1C[C@@H]2CCCC[C@H]2O[C@H]1c1ccccc1. The van der Waals surface area contributed by atoms with Gasteiger partial charge in [-0.2, -0.15) is 0 Å². The van der Waals surface area contributed by atoms with E-state index < -0.39 is 0 Å². The Morgan fingerprint density at radius 2 is 1.89 bits per heavy atom. The van der Waals surface area contributed by atoms with Crippen LogP contribution in [-0.2, 0) is 4.74 Å². The average Bonchev–Trinajstić information content (AvgIpc) is 2.46. The first-order valence-corrected chi connectivity index (χ1v) is 7.61. The monoisotopic (exact) mass is 256 g/mol. The lowest BCUT2D eigenvalue weighted by Crippen LogP contribution is -2.39. The summed E-state index contributed by atoms with van der Waals surface area (Å²) in [5, 5.41) is 0. The Morgan fingerprint density at radius 1 is 1.16 bits per heavy atom. The molecule has 0 unspecified atom stereocenters. The smallest absolute Gasteiger partial charge is 0.0893 e. The van der Waals surface area contributed by atoms with Gasteiger partial charge in [0, 0.05) is 5.92 Å². The normalized spacial score (nSPS) is 34.6. The second-order valence-electron chi connectivity index (χ2n) is 6.24. The molecule has 1 saturated carbocycles. The maximum absolute atomic E-state index is 6.49. The molecule has 3 rings (SSSR count). The summed E-state index contributed by atoms with van der Waals surface area (Å²) in [6.45, 7) is 6.37. The molecule has 0 aromatic heterocycles. The van der Waals surface area contributed by atoms with Crippen LogP contribution in [-0.4, -0.2) is 6.10 Å². The van der Waals surface area contributed by atoms with Crippen LogP contribution < -0.4 is 0 Å². The van der Waals surface area contributed by atoms with E-state index in [0.717, 1.165) is 5.92 Å². The molecular formula is C18H24O. The van der Waals surface area contributed by atoms with Gasteiger partial charge >= 0.3 is 0 Å². The highest BCUT2D eigenvalue weighted by Crippen LogP contribution is 2.46. The molecule has 0 spiro atoms. The molecule has 2 aliphatic rings. The third kappa shape index (κ3) is 2.62. The van der Waals surface area contributed by atoms with Gasteiger partial charge in [0.25, 0.3) is 0 Å². The molecule has 2 fully saturated rings. The molecule has 1 saturated heterocycles. The van der Waals surface area contributed by atoms with E-state index in [2.05, 4.69) is 43.8 Å². The number of hydrogen-bond acceptors (Lipinski definition) is 1. The Balaban J connectivity index is 1.86. The van der Waals surface area contributed by atoms with Crippen molar-refractivity contribution in [3.8, 4) is 0 Å². The quantitative estimate of drug-likeness (QED) is 0.684. The first-order valence-electron chi connectivity index (χ1n) is 7.61. The Bertz CT molecular complexity index is 436. The fraction of sp³-hybridized carbons (Fsp3) is 0.556. The van der Waals surface area contributed by atoms with Gasteiger partial charge in [-0.3, -0.25) is 0 Å². The van der Waals surface area contributed by atoms with Crippen molar-refractivity contribution < 1.29 is 4.74 Å². The largest absolute Gasteiger partial charge is 0.369 e. The lowest BCUT2D eigenvalue weighted by molar-refractivity contribution is -0.123. The second kappa shape index (κ2) is 5.50. The summed E-state index contributed by atoms with van der Waals surface area (Å²) in [4.78, 5) is 0. The Kier molecular flexibility index (Phi) is 3.74. The van der Waals surface area contributed by atoms with Crippen LogP contribution in [0.25, 0.3) is 0 Å². The predicted molar refractivity (Wildman–Crippen MR) is 78.9 cm³/mol. The third-order valence-electron chi connectivity index (χ3n) is 4.84. The Morgan fingerprint density at radius 3 is 2.63 bits per heavy atom. The van der Waals surface area contributed by atoms with Crippen LogP contribution >= 0.6 is 0 Å². The summed E-state index contributed by atoms with van der Waals surface area (Å²) in [6, 6.07) is 10.7. The van der Waals surface area contributed by atoms with E-state index in [4.69, 9.17) is 4.74 Å². The molecule has 1 heteroatoms. The van der Waals surface area contributed by atoms with Crippen LogP contribution in [0.3, 0.4) is 0 Å². The van der Waals surface area contributed by atoms with Crippen LogP contribution in [0.15, 0.2) is 42.5 Å². The summed E-state index contributed by atoms with van der Waals surface area (Å²) in [5.41, 5.74) is 2.59. The minimum atomic E-state index is 0.220. The van der Waals surface area contributed by atoms with Gasteiger partial charge in [0.2, 0.25) is 0 Å². The fourth-order valence-corrected chi connectivity index (χ4v) is 3.77. The van der Waals surface area contributed by atoms with Gasteiger partial charge < -0.3 is 4.74 Å². The number of benzene rings is 1. The maximum Gasteiger partial charge on any atom is 0.0893 e. The van der Waals surface area contributed by atoms with Crippen molar-refractivity contribution in [3.05, 3.63) is 48.0 Å². The Hall–Kier alpha value is -1.08. The van der Waals surface area contributed by atoms with Gasteiger partial charge in [-0.15, -0.1) is 0 Å². The van der Waals surface area contributed by atoms with Crippen molar-refractivity contribution in [1.29, 1.82) is 0 Å². The summed E-state index contributed by atoms with van der Waals surface area (Å²) in [5.74, 6) is 1.25. The third-order valence-corrected chi connectivity index (χ3v) is 4.84. The highest BCUT2D eigenvalue weighted by Gasteiger charge is 2.39. The molecule has 0 radical (unpaired) electrons. The zero-order chi connectivity index (χ0) is 13.2. The second-order valence-corrected chi connectivity index (χ2v) is 6.24. The average molecular weight is 256 g/mol. The molecule has 1 aromatic carbocycles. The van der Waals surface area contributed by atoms with Crippen LogP contribution in [0.2, 0.25) is 0 Å². The molecule has 0 N–H and O–H groups in total. The Labute approximate surface area is 116 Å². The van der Waals surface area contributed by atoms with Gasteiger partial charge in [-0.1, -0.05) is 55.3 Å². The summed E-state index contributed by atoms with van der Waals surface area (Å²) >= 11 is 0. The molecule has 1 aromatic rings. The number of hydrogen-bond donors (Lipinski definition) is 0. The highest BCUT2D eigenvalue weighted by molar-refractivity contribution is 5.22. The summed E-state index contributed by atoms with van der Waals surface area (Å²) in [7, 11) is 0. The molecule has 0 bridgehead atoms. The van der Waals surface area contributed by atoms with Crippen molar-refractivity contribution in [2.24, 2.45) is 11.8 Å². The number of rotatable bonds is 2. The van der Waals surface area contributed by atoms with E-state index in [1.54, 1.807) is 0 Å². The molecule has 0 amide bonds.